The van der Waals surface area contributed by atoms with Gasteiger partial charge in [-0.15, -0.1) is 0 Å². The predicted octanol–water partition coefficient (Wildman–Crippen LogP) is 3.36. The smallest absolute Gasteiger partial charge is 0.407 e. The van der Waals surface area contributed by atoms with Gasteiger partial charge in [0, 0.05) is 67.4 Å². The summed E-state index contributed by atoms with van der Waals surface area (Å²) in [5.74, 6) is -5.89. The third-order valence-electron chi connectivity index (χ3n) is 12.0. The summed E-state index contributed by atoms with van der Waals surface area (Å²) in [6.45, 7) is 10.1. The fourth-order valence-corrected chi connectivity index (χ4v) is 8.18. The highest BCUT2D eigenvalue weighted by molar-refractivity contribution is 5.93. The summed E-state index contributed by atoms with van der Waals surface area (Å²) in [5, 5.41) is 50.8. The Balaban J connectivity index is 0.00000172. The van der Waals surface area contributed by atoms with Gasteiger partial charge in [0.05, 0.1) is 40.6 Å². The third kappa shape index (κ3) is 12.7. The zero-order valence-electron chi connectivity index (χ0n) is 41.6. The summed E-state index contributed by atoms with van der Waals surface area (Å²) in [4.78, 5) is 104. The van der Waals surface area contributed by atoms with E-state index in [9.17, 15) is 53.7 Å². The number of nitrogens with zero attached hydrogens (tertiary/aromatic N) is 2. The number of hydrogen-bond acceptors (Lipinski definition) is 17. The van der Waals surface area contributed by atoms with Crippen LogP contribution in [0, 0.1) is 11.8 Å². The van der Waals surface area contributed by atoms with Gasteiger partial charge in [-0.1, -0.05) is 54.0 Å². The molecular weight excluding hydrogens is 973 g/mol. The fourth-order valence-electron chi connectivity index (χ4n) is 8.18. The average Bonchev–Trinajstić information content (AvgIpc) is 4.06. The zero-order chi connectivity index (χ0) is 54.0. The standard InChI is InChI=1S/C45H46N6O18.C3H8.C2H6/c1-19(41(58)59)9-35(54)47-7-5-33(52)46-8-6-34(53)49-28-10-21(3-4-30(28)68-44-37(55)20(2)39(69-44)42(60)61)16-65-45(63)48-14-24-22-12-31-32(67-18-66-31)13-27(22)50-36-25(24)15-51-29(36)11-23-26(40(51)57)17-64-43(62)38(23)56;1-3-2;1-2/h3-4,10-13,19-20,37-39,44,55-56H,5-9,14-18H2,1-2H3,(H,46,52)(H,47,54)(H,48,63)(H,49,53)(H,58,59)(H,60,61);3H2,1-2H3;1-2H3. The first-order valence-electron chi connectivity index (χ1n) is 24.1. The van der Waals surface area contributed by atoms with Gasteiger partial charge >= 0.3 is 24.0 Å². The molecule has 4 aliphatic heterocycles. The number of esters is 1. The number of anilines is 1. The highest BCUT2D eigenvalue weighted by Gasteiger charge is 2.46. The Morgan fingerprint density at radius 1 is 0.878 bits per heavy atom. The van der Waals surface area contributed by atoms with Gasteiger partial charge in [0.15, 0.2) is 23.7 Å². The van der Waals surface area contributed by atoms with Crippen molar-refractivity contribution in [3.8, 4) is 28.6 Å². The van der Waals surface area contributed by atoms with Crippen LogP contribution >= 0.6 is 0 Å². The first kappa shape index (κ1) is 55.5. The second kappa shape index (κ2) is 24.7. The van der Waals surface area contributed by atoms with Crippen molar-refractivity contribution in [3.63, 3.8) is 0 Å². The maximum absolute atomic E-state index is 13.7. The number of ether oxygens (including phenoxy) is 6. The molecule has 4 aromatic rings. The lowest BCUT2D eigenvalue weighted by Crippen LogP contribution is -2.33. The monoisotopic (exact) mass is 1030 g/mol. The predicted molar refractivity (Wildman–Crippen MR) is 260 cm³/mol. The number of benzene rings is 2. The number of aliphatic hydroxyl groups excluding tert-OH is 2. The Kier molecular flexibility index (Phi) is 18.5. The van der Waals surface area contributed by atoms with E-state index in [0.29, 0.717) is 50.5 Å². The number of aromatic nitrogens is 2. The van der Waals surface area contributed by atoms with Crippen LogP contribution in [0.25, 0.3) is 22.3 Å². The molecule has 4 amide bonds. The Hall–Kier alpha value is -7.83. The van der Waals surface area contributed by atoms with Gasteiger partial charge in [-0.2, -0.15) is 0 Å². The molecule has 6 atom stereocenters. The van der Waals surface area contributed by atoms with Crippen LogP contribution in [0.2, 0.25) is 0 Å². The van der Waals surface area contributed by atoms with E-state index >= 15 is 0 Å². The molecule has 8 N–H and O–H groups in total. The first-order valence-corrected chi connectivity index (χ1v) is 24.1. The highest BCUT2D eigenvalue weighted by Crippen LogP contribution is 2.42. The van der Waals surface area contributed by atoms with E-state index in [1.807, 2.05) is 13.8 Å². The highest BCUT2D eigenvalue weighted by atomic mass is 16.7. The molecule has 0 saturated carbocycles. The molecule has 6 heterocycles. The Bertz CT molecular complexity index is 2870. The van der Waals surface area contributed by atoms with Crippen molar-refractivity contribution in [2.24, 2.45) is 11.8 Å². The van der Waals surface area contributed by atoms with E-state index in [1.54, 1.807) is 12.1 Å². The molecule has 2 aromatic carbocycles. The molecular formula is C50H60N6O18. The summed E-state index contributed by atoms with van der Waals surface area (Å²) in [7, 11) is 0. The first-order chi connectivity index (χ1) is 35.4. The normalized spacial score (nSPS) is 18.9. The summed E-state index contributed by atoms with van der Waals surface area (Å²) in [6.07, 6.45) is -6.11. The van der Waals surface area contributed by atoms with Gasteiger partial charge < -0.3 is 74.7 Å². The number of rotatable bonds is 17. The van der Waals surface area contributed by atoms with Crippen molar-refractivity contribution in [2.45, 2.75) is 118 Å². The van der Waals surface area contributed by atoms with Crippen molar-refractivity contribution in [1.82, 2.24) is 25.5 Å². The van der Waals surface area contributed by atoms with Crippen LogP contribution in [-0.2, 0) is 69.3 Å². The van der Waals surface area contributed by atoms with Crippen LogP contribution in [0.5, 0.6) is 17.2 Å². The molecule has 24 heteroatoms. The second-order valence-corrected chi connectivity index (χ2v) is 17.4. The quantitative estimate of drug-likeness (QED) is 0.0619. The van der Waals surface area contributed by atoms with E-state index in [4.69, 9.17) is 38.5 Å². The molecule has 0 spiro atoms. The van der Waals surface area contributed by atoms with Gasteiger partial charge in [-0.25, -0.2) is 19.4 Å². The SMILES string of the molecule is CC.CC(CC(=O)NCCC(=O)NCCC(=O)Nc1cc(COC(=O)NCc2c3c(nc4cc5c(cc24)OCO5)-c2cc4c(c(=O)n2C3)COC(=O)C4O)ccc1OC1OC(C(=O)O)C(C)C1O)C(=O)O.CCC. The minimum Gasteiger partial charge on any atom is -0.481 e. The molecule has 1 saturated heterocycles. The number of carbonyl (C=O) groups is 7. The van der Waals surface area contributed by atoms with Gasteiger partial charge in [-0.05, 0) is 35.4 Å². The molecule has 8 rings (SSSR count). The van der Waals surface area contributed by atoms with Gasteiger partial charge in [0.1, 0.15) is 25.1 Å². The van der Waals surface area contributed by atoms with Crippen molar-refractivity contribution < 1.29 is 82.4 Å². The number of cyclic esters (lactones) is 1. The maximum atomic E-state index is 13.7. The fraction of sp³-hybridized carbons (Fsp3) is 0.460. The molecule has 74 heavy (non-hydrogen) atoms. The molecule has 0 bridgehead atoms. The minimum absolute atomic E-state index is 0.0193. The van der Waals surface area contributed by atoms with Crippen LogP contribution in [0.1, 0.15) is 101 Å². The number of amides is 4. The van der Waals surface area contributed by atoms with Crippen LogP contribution in [-0.4, -0.2) is 110 Å². The zero-order valence-corrected chi connectivity index (χ0v) is 41.6. The molecule has 0 aliphatic carbocycles. The number of alkyl carbamates (subject to hydrolysis) is 1. The van der Waals surface area contributed by atoms with E-state index in [1.165, 1.54) is 49.1 Å². The van der Waals surface area contributed by atoms with Gasteiger partial charge in [0.25, 0.3) is 5.56 Å². The van der Waals surface area contributed by atoms with E-state index in [2.05, 4.69) is 35.1 Å². The Morgan fingerprint density at radius 2 is 1.55 bits per heavy atom. The van der Waals surface area contributed by atoms with Crippen LogP contribution in [0.4, 0.5) is 10.5 Å². The lowest BCUT2D eigenvalue weighted by atomic mass is 9.98. The Labute approximate surface area is 423 Å². The minimum atomic E-state index is -1.66. The molecule has 2 aromatic heterocycles. The topological polar surface area (TPSA) is 339 Å². The number of aliphatic hydroxyl groups is 2. The van der Waals surface area contributed by atoms with E-state index in [0.717, 1.165) is 0 Å². The van der Waals surface area contributed by atoms with Crippen molar-refractivity contribution >= 4 is 58.3 Å². The van der Waals surface area contributed by atoms with E-state index < -0.39 is 83.7 Å². The van der Waals surface area contributed by atoms with Crippen molar-refractivity contribution in [2.75, 3.05) is 25.2 Å². The number of carboxylic acid groups (broad SMARTS) is 2. The van der Waals surface area contributed by atoms with Gasteiger partial charge in [-0.3, -0.25) is 24.0 Å². The number of nitrogens with one attached hydrogen (secondary N) is 4. The average molecular weight is 1030 g/mol. The molecule has 398 valence electrons. The van der Waals surface area contributed by atoms with Crippen LogP contribution in [0.3, 0.4) is 0 Å². The number of carbonyl (C=O) groups excluding carboxylic acids is 5. The number of fused-ring (bicyclic) bond motifs is 6. The third-order valence-corrected chi connectivity index (χ3v) is 12.0. The largest absolute Gasteiger partial charge is 0.481 e. The summed E-state index contributed by atoms with van der Waals surface area (Å²) >= 11 is 0. The van der Waals surface area contributed by atoms with Crippen LogP contribution < -0.4 is 41.0 Å². The number of aliphatic carboxylic acids is 2. The molecule has 6 unspecified atom stereocenters. The molecule has 0 radical (unpaired) electrons. The summed E-state index contributed by atoms with van der Waals surface area (Å²) in [6, 6.07) is 9.22. The molecule has 1 fully saturated rings. The maximum Gasteiger partial charge on any atom is 0.407 e. The second-order valence-electron chi connectivity index (χ2n) is 17.4. The molecule has 24 nitrogen and oxygen atoms in total. The van der Waals surface area contributed by atoms with Crippen molar-refractivity contribution in [3.05, 3.63) is 74.6 Å². The lowest BCUT2D eigenvalue weighted by Gasteiger charge is -2.21. The number of hydrogen-bond donors (Lipinski definition) is 8. The lowest BCUT2D eigenvalue weighted by molar-refractivity contribution is -0.160. The number of carboxylic acids is 2. The van der Waals surface area contributed by atoms with E-state index in [-0.39, 0.29) is 88.0 Å². The summed E-state index contributed by atoms with van der Waals surface area (Å²) < 4.78 is 34.6. The Morgan fingerprint density at radius 3 is 2.23 bits per heavy atom. The van der Waals surface area contributed by atoms with Crippen LogP contribution in [0.15, 0.2) is 41.2 Å². The summed E-state index contributed by atoms with van der Waals surface area (Å²) in [5.41, 5.74) is 2.44. The van der Waals surface area contributed by atoms with Gasteiger partial charge in [0.2, 0.25) is 30.8 Å². The number of pyridine rings is 2. The molecule has 4 aliphatic rings. The van der Waals surface area contributed by atoms with Crippen molar-refractivity contribution in [1.29, 1.82) is 0 Å².